The Kier molecular flexibility index (Phi) is 8.18. The lowest BCUT2D eigenvalue weighted by atomic mass is 9.94. The molecule has 0 spiro atoms. The number of likely N-dealkylation sites (tertiary alicyclic amines) is 1. The van der Waals surface area contributed by atoms with Gasteiger partial charge in [0.2, 0.25) is 5.91 Å². The second kappa shape index (κ2) is 9.36. The minimum Gasteiger partial charge on any atom is -0.481 e. The van der Waals surface area contributed by atoms with E-state index in [2.05, 4.69) is 11.8 Å². The topological polar surface area (TPSA) is 60.9 Å². The van der Waals surface area contributed by atoms with E-state index in [9.17, 15) is 9.59 Å². The fraction of sp³-hybridized carbons (Fsp3) is 0.875. The molecule has 0 unspecified atom stereocenters. The van der Waals surface area contributed by atoms with Crippen molar-refractivity contribution < 1.29 is 14.7 Å². The second-order valence-electron chi connectivity index (χ2n) is 6.36. The molecule has 0 aromatic carbocycles. The summed E-state index contributed by atoms with van der Waals surface area (Å²) < 4.78 is 0. The number of hydrogen-bond donors (Lipinski definition) is 1. The summed E-state index contributed by atoms with van der Waals surface area (Å²) in [4.78, 5) is 27.6. The summed E-state index contributed by atoms with van der Waals surface area (Å²) in [5.74, 6) is -0.700. The number of likely N-dealkylation sites (N-methyl/N-ethyl adjacent to an activating group) is 1. The zero-order valence-corrected chi connectivity index (χ0v) is 14.3. The van der Waals surface area contributed by atoms with E-state index >= 15 is 0 Å². The molecule has 2 fully saturated rings. The molecule has 1 saturated carbocycles. The Hall–Kier alpha value is -0.810. The monoisotopic (exact) mass is 332 g/mol. The normalized spacial score (nSPS) is 21.1. The van der Waals surface area contributed by atoms with Gasteiger partial charge in [-0.25, -0.2) is 0 Å². The molecule has 2 aliphatic rings. The van der Waals surface area contributed by atoms with Crippen molar-refractivity contribution in [3.63, 3.8) is 0 Å². The number of carbonyl (C=O) groups is 2. The minimum atomic E-state index is -0.696. The van der Waals surface area contributed by atoms with Crippen LogP contribution in [0.1, 0.15) is 51.9 Å². The van der Waals surface area contributed by atoms with E-state index in [-0.39, 0.29) is 24.2 Å². The molecule has 0 aromatic heterocycles. The quantitative estimate of drug-likeness (QED) is 0.839. The Morgan fingerprint density at radius 3 is 2.18 bits per heavy atom. The van der Waals surface area contributed by atoms with E-state index in [1.54, 1.807) is 0 Å². The number of carboxylic acids is 1. The van der Waals surface area contributed by atoms with Gasteiger partial charge in [-0.2, -0.15) is 0 Å². The Balaban J connectivity index is 0.00000242. The molecule has 1 aliphatic carbocycles. The van der Waals surface area contributed by atoms with E-state index in [1.165, 1.54) is 19.3 Å². The molecular weight excluding hydrogens is 304 g/mol. The number of carbonyl (C=O) groups excluding carboxylic acids is 1. The average Bonchev–Trinajstić information content (AvgIpc) is 2.49. The maximum absolute atomic E-state index is 12.5. The maximum atomic E-state index is 12.5. The molecule has 0 bridgehead atoms. The Morgan fingerprint density at radius 1 is 1.09 bits per heavy atom. The van der Waals surface area contributed by atoms with Crippen molar-refractivity contribution in [2.75, 3.05) is 26.2 Å². The summed E-state index contributed by atoms with van der Waals surface area (Å²) in [6, 6.07) is 0.424. The van der Waals surface area contributed by atoms with Gasteiger partial charge in [-0.3, -0.25) is 14.5 Å². The third kappa shape index (κ3) is 5.13. The maximum Gasteiger partial charge on any atom is 0.306 e. The van der Waals surface area contributed by atoms with Gasteiger partial charge in [0, 0.05) is 12.6 Å². The van der Waals surface area contributed by atoms with Crippen LogP contribution in [-0.2, 0) is 9.59 Å². The molecule has 1 amide bonds. The largest absolute Gasteiger partial charge is 0.481 e. The number of hydrogen-bond acceptors (Lipinski definition) is 3. The second-order valence-corrected chi connectivity index (χ2v) is 6.36. The molecule has 1 saturated heterocycles. The standard InChI is InChI=1S/C16H28N2O3.ClH/c1-2-18(14-6-4-3-5-7-14)15(19)12-17-10-8-13(9-11-17)16(20)21;/h13-14H,2-12H2,1H3,(H,20,21);1H. The summed E-state index contributed by atoms with van der Waals surface area (Å²) >= 11 is 0. The van der Waals surface area contributed by atoms with E-state index in [0.29, 0.717) is 25.4 Å². The van der Waals surface area contributed by atoms with Crippen LogP contribution in [0.2, 0.25) is 0 Å². The fourth-order valence-corrected chi connectivity index (χ4v) is 3.65. The number of nitrogens with zero attached hydrogens (tertiary/aromatic N) is 2. The SMILES string of the molecule is CCN(C(=O)CN1CCC(C(=O)O)CC1)C1CCCCC1.Cl. The zero-order valence-electron chi connectivity index (χ0n) is 13.5. The number of amides is 1. The number of halogens is 1. The van der Waals surface area contributed by atoms with Gasteiger partial charge in [0.05, 0.1) is 12.5 Å². The molecule has 5 nitrogen and oxygen atoms in total. The minimum absolute atomic E-state index is 0. The molecule has 2 rings (SSSR count). The van der Waals surface area contributed by atoms with Gasteiger partial charge in [-0.1, -0.05) is 19.3 Å². The van der Waals surface area contributed by atoms with Crippen molar-refractivity contribution in [3.05, 3.63) is 0 Å². The van der Waals surface area contributed by atoms with Gasteiger partial charge < -0.3 is 10.0 Å². The highest BCUT2D eigenvalue weighted by molar-refractivity contribution is 5.85. The van der Waals surface area contributed by atoms with Gasteiger partial charge >= 0.3 is 5.97 Å². The predicted molar refractivity (Wildman–Crippen MR) is 88.3 cm³/mol. The van der Waals surface area contributed by atoms with E-state index in [0.717, 1.165) is 32.5 Å². The van der Waals surface area contributed by atoms with Crippen molar-refractivity contribution in [2.24, 2.45) is 5.92 Å². The Morgan fingerprint density at radius 2 is 1.68 bits per heavy atom. The molecule has 0 atom stereocenters. The molecule has 0 radical (unpaired) electrons. The fourth-order valence-electron chi connectivity index (χ4n) is 3.65. The Bertz CT molecular complexity index is 364. The van der Waals surface area contributed by atoms with Crippen molar-refractivity contribution in [2.45, 2.75) is 57.9 Å². The van der Waals surface area contributed by atoms with Crippen LogP contribution in [-0.4, -0.2) is 59.0 Å². The van der Waals surface area contributed by atoms with Crippen LogP contribution in [0.3, 0.4) is 0 Å². The molecule has 0 aromatic rings. The lowest BCUT2D eigenvalue weighted by Gasteiger charge is -2.36. The Labute approximate surface area is 139 Å². The van der Waals surface area contributed by atoms with Crippen LogP contribution in [0.4, 0.5) is 0 Å². The lowest BCUT2D eigenvalue weighted by molar-refractivity contribution is -0.143. The van der Waals surface area contributed by atoms with Crippen molar-refractivity contribution in [1.29, 1.82) is 0 Å². The number of aliphatic carboxylic acids is 1. The van der Waals surface area contributed by atoms with E-state index in [4.69, 9.17) is 5.11 Å². The number of carboxylic acid groups (broad SMARTS) is 1. The van der Waals surface area contributed by atoms with Gasteiger partial charge in [-0.15, -0.1) is 12.4 Å². The highest BCUT2D eigenvalue weighted by atomic mass is 35.5. The van der Waals surface area contributed by atoms with E-state index < -0.39 is 5.97 Å². The van der Waals surface area contributed by atoms with Crippen molar-refractivity contribution in [1.82, 2.24) is 9.80 Å². The smallest absolute Gasteiger partial charge is 0.306 e. The first-order valence-electron chi connectivity index (χ1n) is 8.36. The molecule has 6 heteroatoms. The third-order valence-electron chi connectivity index (χ3n) is 4.97. The van der Waals surface area contributed by atoms with Crippen LogP contribution in [0.15, 0.2) is 0 Å². The first kappa shape index (κ1) is 19.2. The van der Waals surface area contributed by atoms with Gasteiger partial charge in [0.15, 0.2) is 0 Å². The lowest BCUT2D eigenvalue weighted by Crippen LogP contribution is -2.48. The molecule has 1 heterocycles. The zero-order chi connectivity index (χ0) is 15.2. The predicted octanol–water partition coefficient (Wildman–Crippen LogP) is 2.39. The molecule has 22 heavy (non-hydrogen) atoms. The summed E-state index contributed by atoms with van der Waals surface area (Å²) in [6.07, 6.45) is 7.37. The summed E-state index contributed by atoms with van der Waals surface area (Å²) in [5, 5.41) is 9.01. The molecular formula is C16H29ClN2O3. The van der Waals surface area contributed by atoms with Crippen LogP contribution in [0, 0.1) is 5.92 Å². The number of rotatable bonds is 5. The highest BCUT2D eigenvalue weighted by Gasteiger charge is 2.28. The first-order valence-corrected chi connectivity index (χ1v) is 8.36. The number of piperidine rings is 1. The van der Waals surface area contributed by atoms with E-state index in [1.807, 2.05) is 4.90 Å². The van der Waals surface area contributed by atoms with Gasteiger partial charge in [0.1, 0.15) is 0 Å². The summed E-state index contributed by atoms with van der Waals surface area (Å²) in [6.45, 7) is 4.75. The molecule has 1 N–H and O–H groups in total. The van der Waals surface area contributed by atoms with Gasteiger partial charge in [-0.05, 0) is 45.7 Å². The molecule has 128 valence electrons. The summed E-state index contributed by atoms with van der Waals surface area (Å²) in [7, 11) is 0. The van der Waals surface area contributed by atoms with Crippen LogP contribution in [0.25, 0.3) is 0 Å². The third-order valence-corrected chi connectivity index (χ3v) is 4.97. The van der Waals surface area contributed by atoms with Gasteiger partial charge in [0.25, 0.3) is 0 Å². The highest BCUT2D eigenvalue weighted by Crippen LogP contribution is 2.23. The average molecular weight is 333 g/mol. The molecule has 1 aliphatic heterocycles. The van der Waals surface area contributed by atoms with Crippen LogP contribution < -0.4 is 0 Å². The van der Waals surface area contributed by atoms with Crippen LogP contribution >= 0.6 is 12.4 Å². The first-order chi connectivity index (χ1) is 10.1. The van der Waals surface area contributed by atoms with Crippen LogP contribution in [0.5, 0.6) is 0 Å². The summed E-state index contributed by atoms with van der Waals surface area (Å²) in [5.41, 5.74) is 0. The van der Waals surface area contributed by atoms with Crippen molar-refractivity contribution >= 4 is 24.3 Å². The van der Waals surface area contributed by atoms with Crippen molar-refractivity contribution in [3.8, 4) is 0 Å².